The minimum Gasteiger partial charge on any atom is -0.293 e. The van der Waals surface area contributed by atoms with Crippen LogP contribution in [-0.4, -0.2) is 11.6 Å². The lowest BCUT2D eigenvalue weighted by Crippen LogP contribution is -2.14. The van der Waals surface area contributed by atoms with Crippen LogP contribution in [0.5, 0.6) is 5.75 Å². The van der Waals surface area contributed by atoms with Crippen LogP contribution < -0.4 is 0 Å². The Labute approximate surface area is 99.2 Å². The maximum atomic E-state index is 12.0. The molecule has 1 aliphatic rings. The second kappa shape index (κ2) is 3.98. The van der Waals surface area contributed by atoms with Crippen molar-refractivity contribution < 1.29 is 9.22 Å². The van der Waals surface area contributed by atoms with Gasteiger partial charge in [0.2, 0.25) is 0 Å². The van der Waals surface area contributed by atoms with E-state index in [0.717, 1.165) is 11.3 Å². The smallest absolute Gasteiger partial charge is 0.293 e. The number of fused-ring (bicyclic) bond motifs is 1. The second-order valence-corrected chi connectivity index (χ2v) is 3.99. The lowest BCUT2D eigenvalue weighted by atomic mass is 9.99. The van der Waals surface area contributed by atoms with E-state index < -0.39 is 0 Å². The molecule has 17 heavy (non-hydrogen) atoms. The lowest BCUT2D eigenvalue weighted by molar-refractivity contribution is -0.170. The van der Waals surface area contributed by atoms with Gasteiger partial charge in [-0.25, -0.2) is 4.42 Å². The Morgan fingerprint density at radius 3 is 2.41 bits per heavy atom. The van der Waals surface area contributed by atoms with Crippen molar-refractivity contribution in [3.63, 3.8) is 0 Å². The second-order valence-electron chi connectivity index (χ2n) is 3.99. The molecule has 0 bridgehead atoms. The van der Waals surface area contributed by atoms with Gasteiger partial charge in [0.15, 0.2) is 5.78 Å². The van der Waals surface area contributed by atoms with Crippen LogP contribution in [0.2, 0.25) is 0 Å². The number of rotatable bonds is 1. The average Bonchev–Trinajstić information content (AvgIpc) is 2.40. The SMILES string of the molecule is O=C1CC(c2ccccc2)=[O+]c2ccccc21. The third kappa shape index (κ3) is 1.78. The predicted molar refractivity (Wildman–Crippen MR) is 65.6 cm³/mol. The monoisotopic (exact) mass is 223 g/mol. The van der Waals surface area contributed by atoms with Crippen LogP contribution in [0, 0.1) is 0 Å². The van der Waals surface area contributed by atoms with E-state index in [9.17, 15) is 4.79 Å². The summed E-state index contributed by atoms with van der Waals surface area (Å²) in [6.45, 7) is 0. The van der Waals surface area contributed by atoms with Gasteiger partial charge >= 0.3 is 11.5 Å². The van der Waals surface area contributed by atoms with Gasteiger partial charge in [-0.15, -0.1) is 0 Å². The molecule has 0 N–H and O–H groups in total. The summed E-state index contributed by atoms with van der Waals surface area (Å²) in [5, 5.41) is 0. The zero-order valence-corrected chi connectivity index (χ0v) is 9.22. The summed E-state index contributed by atoms with van der Waals surface area (Å²) >= 11 is 0. The molecule has 2 aromatic rings. The Balaban J connectivity index is 2.11. The first-order chi connectivity index (χ1) is 8.34. The summed E-state index contributed by atoms with van der Waals surface area (Å²) in [5.74, 6) is 1.50. The number of hydrogen-bond donors (Lipinski definition) is 0. The third-order valence-corrected chi connectivity index (χ3v) is 2.84. The van der Waals surface area contributed by atoms with Crippen molar-refractivity contribution in [2.75, 3.05) is 0 Å². The van der Waals surface area contributed by atoms with Gasteiger partial charge in [0.05, 0.1) is 5.56 Å². The Morgan fingerprint density at radius 2 is 1.59 bits per heavy atom. The number of para-hydroxylation sites is 1. The van der Waals surface area contributed by atoms with Gasteiger partial charge in [-0.05, 0) is 18.2 Å². The van der Waals surface area contributed by atoms with Crippen LogP contribution in [0.25, 0.3) is 0 Å². The van der Waals surface area contributed by atoms with Gasteiger partial charge in [-0.2, -0.15) is 0 Å². The number of ketones is 2. The highest BCUT2D eigenvalue weighted by atomic mass is 16.4. The maximum Gasteiger partial charge on any atom is 0.363 e. The standard InChI is InChI=1S/C15H11O2/c16-13-10-15(11-6-2-1-3-7-11)17-14-9-5-4-8-12(13)14/h1-9H,10H2/q+1. The zero-order chi connectivity index (χ0) is 11.7. The first-order valence-corrected chi connectivity index (χ1v) is 5.56. The molecule has 0 saturated heterocycles. The van der Waals surface area contributed by atoms with E-state index in [-0.39, 0.29) is 5.78 Å². The molecule has 0 aromatic heterocycles. The van der Waals surface area contributed by atoms with Gasteiger partial charge in [-0.1, -0.05) is 30.3 Å². The molecule has 1 heterocycles. The Hall–Kier alpha value is -2.22. The minimum atomic E-state index is 0.116. The molecule has 0 amide bonds. The van der Waals surface area contributed by atoms with Gasteiger partial charge in [0.1, 0.15) is 12.0 Å². The van der Waals surface area contributed by atoms with E-state index in [1.807, 2.05) is 48.5 Å². The highest BCUT2D eigenvalue weighted by molar-refractivity contribution is 6.16. The van der Waals surface area contributed by atoms with Crippen molar-refractivity contribution in [3.05, 3.63) is 65.7 Å². The van der Waals surface area contributed by atoms with Gasteiger partial charge < -0.3 is 0 Å². The Bertz CT molecular complexity index is 597. The molecule has 2 nitrogen and oxygen atoms in total. The van der Waals surface area contributed by atoms with Gasteiger partial charge in [-0.3, -0.25) is 4.79 Å². The van der Waals surface area contributed by atoms with E-state index >= 15 is 0 Å². The maximum absolute atomic E-state index is 12.0. The molecule has 3 rings (SSSR count). The van der Waals surface area contributed by atoms with Gasteiger partial charge in [0.25, 0.3) is 0 Å². The van der Waals surface area contributed by atoms with Crippen molar-refractivity contribution >= 4 is 11.6 Å². The fraction of sp³-hybridized carbons (Fsp3) is 0.0667. The summed E-state index contributed by atoms with van der Waals surface area (Å²) in [4.78, 5) is 12.0. The van der Waals surface area contributed by atoms with E-state index in [0.29, 0.717) is 17.7 Å². The molecule has 0 radical (unpaired) electrons. The van der Waals surface area contributed by atoms with Crippen LogP contribution >= 0.6 is 0 Å². The zero-order valence-electron chi connectivity index (χ0n) is 9.22. The molecule has 82 valence electrons. The van der Waals surface area contributed by atoms with Crippen LogP contribution in [0.3, 0.4) is 0 Å². The highest BCUT2D eigenvalue weighted by Gasteiger charge is 2.31. The topological polar surface area (TPSA) is 28.4 Å². The summed E-state index contributed by atoms with van der Waals surface area (Å²) in [6, 6.07) is 17.1. The third-order valence-electron chi connectivity index (χ3n) is 2.84. The largest absolute Gasteiger partial charge is 0.363 e. The molecule has 0 spiro atoms. The number of hydrogen-bond acceptors (Lipinski definition) is 1. The van der Waals surface area contributed by atoms with E-state index in [4.69, 9.17) is 4.42 Å². The predicted octanol–water partition coefficient (Wildman–Crippen LogP) is 3.40. The van der Waals surface area contributed by atoms with Crippen molar-refractivity contribution in [2.24, 2.45) is 0 Å². The Morgan fingerprint density at radius 1 is 0.882 bits per heavy atom. The number of Topliss-reactive ketones (excluding diaryl/α,β-unsaturated/α-hetero) is 1. The number of carbonyl (C=O) groups is 1. The number of carbonyl (C=O) groups excluding carboxylic acids is 2. The first kappa shape index (κ1) is 9.97. The van der Waals surface area contributed by atoms with Crippen LogP contribution in [-0.2, 0) is 0 Å². The molecular weight excluding hydrogens is 212 g/mol. The fourth-order valence-electron chi connectivity index (χ4n) is 1.98. The molecule has 2 aromatic carbocycles. The minimum absolute atomic E-state index is 0.116. The molecule has 0 unspecified atom stereocenters. The molecule has 0 fully saturated rings. The fourth-order valence-corrected chi connectivity index (χ4v) is 1.98. The van der Waals surface area contributed by atoms with Crippen molar-refractivity contribution in [3.8, 4) is 5.75 Å². The van der Waals surface area contributed by atoms with Crippen molar-refractivity contribution in [1.29, 1.82) is 0 Å². The molecule has 2 heteroatoms. The van der Waals surface area contributed by atoms with Gasteiger partial charge in [0, 0.05) is 6.07 Å². The Kier molecular flexibility index (Phi) is 2.33. The molecule has 0 atom stereocenters. The molecule has 1 aliphatic heterocycles. The first-order valence-electron chi connectivity index (χ1n) is 5.56. The van der Waals surface area contributed by atoms with Crippen LogP contribution in [0.15, 0.2) is 54.6 Å². The average molecular weight is 223 g/mol. The number of benzene rings is 2. The van der Waals surface area contributed by atoms with E-state index in [1.54, 1.807) is 6.07 Å². The normalized spacial score (nSPS) is 14.1. The molecule has 0 aliphatic carbocycles. The lowest BCUT2D eigenvalue weighted by Gasteiger charge is -2.03. The van der Waals surface area contributed by atoms with E-state index in [1.165, 1.54) is 0 Å². The summed E-state index contributed by atoms with van der Waals surface area (Å²) in [5.41, 5.74) is 1.64. The molecular formula is C15H11O2+. The quantitative estimate of drug-likeness (QED) is 0.538. The van der Waals surface area contributed by atoms with Crippen LogP contribution in [0.1, 0.15) is 26.8 Å². The summed E-state index contributed by atoms with van der Waals surface area (Å²) in [6.07, 6.45) is 0.334. The van der Waals surface area contributed by atoms with Crippen molar-refractivity contribution in [2.45, 2.75) is 6.42 Å². The molecule has 0 saturated carbocycles. The van der Waals surface area contributed by atoms with Crippen LogP contribution in [0.4, 0.5) is 0 Å². The van der Waals surface area contributed by atoms with Crippen molar-refractivity contribution in [1.82, 2.24) is 0 Å². The highest BCUT2D eigenvalue weighted by Crippen LogP contribution is 2.28. The summed E-state index contributed by atoms with van der Waals surface area (Å²) in [7, 11) is 0. The summed E-state index contributed by atoms with van der Waals surface area (Å²) < 4.78 is 5.78. The van der Waals surface area contributed by atoms with E-state index in [2.05, 4.69) is 0 Å².